The second kappa shape index (κ2) is 27.3. The number of benzene rings is 3. The third-order valence-electron chi connectivity index (χ3n) is 11.8. The molecule has 1 aliphatic rings. The number of rotatable bonds is 26. The number of nitrogens with zero attached hydrogens (tertiary/aromatic N) is 2. The minimum Gasteiger partial charge on any atom is -0.508 e. The molecule has 14 N–H and O–H groups in total. The summed E-state index contributed by atoms with van der Waals surface area (Å²) in [4.78, 5) is 115. The van der Waals surface area contributed by atoms with Crippen molar-refractivity contribution >= 4 is 69.6 Å². The lowest BCUT2D eigenvalue weighted by Crippen LogP contribution is -2.60. The fourth-order valence-electron chi connectivity index (χ4n) is 8.20. The van der Waals surface area contributed by atoms with Crippen LogP contribution in [0.15, 0.2) is 71.7 Å². The number of aromatic hydroxyl groups is 1. The Kier molecular flexibility index (Phi) is 21.7. The lowest BCUT2D eigenvalue weighted by atomic mass is 9.98. The van der Waals surface area contributed by atoms with Gasteiger partial charge in [0, 0.05) is 30.6 Å². The van der Waals surface area contributed by atoms with Crippen molar-refractivity contribution in [1.82, 2.24) is 31.5 Å². The number of hydrogen-bond donors (Lipinski definition) is 11. The molecule has 0 saturated carbocycles. The van der Waals surface area contributed by atoms with Gasteiger partial charge in [0.15, 0.2) is 11.7 Å². The van der Waals surface area contributed by atoms with Gasteiger partial charge in [0.05, 0.1) is 25.1 Å². The summed E-state index contributed by atoms with van der Waals surface area (Å²) in [7, 11) is 0. The van der Waals surface area contributed by atoms with E-state index in [1.165, 1.54) is 36.1 Å². The topological polar surface area (TPSA) is 343 Å². The van der Waals surface area contributed by atoms with Crippen molar-refractivity contribution < 1.29 is 48.6 Å². The third kappa shape index (κ3) is 17.7. The Bertz CT molecular complexity index is 2370. The van der Waals surface area contributed by atoms with Crippen LogP contribution in [0.4, 0.5) is 5.69 Å². The number of nitrogens with two attached hydrogens (primary N) is 3. The van der Waals surface area contributed by atoms with E-state index >= 15 is 0 Å². The molecule has 386 valence electrons. The SMILES string of the molecule is CC(C)C[C@H](NC(=O)[C@@H](CC(C)C)NC(=O)[C@H](Cc1ccc(O)cc1)NC(=O)[C@H](CO)NC(=O)[C@H](C)N)C(=O)N[C@@H](CCCN=C(N)N)C(=O)N1CCC[C@H]1C(=O)CC(=O)Nc1cccc2ccccc12. The summed E-state index contributed by atoms with van der Waals surface area (Å²) < 4.78 is 0. The number of aliphatic imine (C=N–C) groups is 1. The number of phenols is 1. The molecule has 4 rings (SSSR count). The molecule has 7 atom stereocenters. The van der Waals surface area contributed by atoms with Crippen molar-refractivity contribution in [2.24, 2.45) is 34.0 Å². The van der Waals surface area contributed by atoms with Gasteiger partial charge in [-0.25, -0.2) is 0 Å². The van der Waals surface area contributed by atoms with Gasteiger partial charge >= 0.3 is 0 Å². The molecule has 0 aromatic heterocycles. The first-order valence-corrected chi connectivity index (χ1v) is 24.0. The van der Waals surface area contributed by atoms with Crippen LogP contribution < -0.4 is 49.1 Å². The number of carbonyl (C=O) groups excluding carboxylic acids is 8. The summed E-state index contributed by atoms with van der Waals surface area (Å²) in [6.45, 7) is 8.20. The first-order valence-electron chi connectivity index (χ1n) is 24.0. The van der Waals surface area contributed by atoms with Crippen LogP contribution >= 0.6 is 0 Å². The number of nitrogens with one attached hydrogen (secondary N) is 6. The first-order chi connectivity index (χ1) is 33.7. The van der Waals surface area contributed by atoms with Crippen LogP contribution in [0.25, 0.3) is 10.8 Å². The largest absolute Gasteiger partial charge is 0.508 e. The molecule has 1 aliphatic heterocycles. The number of ketones is 1. The van der Waals surface area contributed by atoms with Crippen LogP contribution in [0.1, 0.15) is 85.1 Å². The molecule has 0 aliphatic carbocycles. The van der Waals surface area contributed by atoms with Gasteiger partial charge in [0.1, 0.15) is 36.0 Å². The van der Waals surface area contributed by atoms with Crippen LogP contribution in [-0.4, -0.2) is 130 Å². The van der Waals surface area contributed by atoms with Gasteiger partial charge in [-0.05, 0) is 86.4 Å². The van der Waals surface area contributed by atoms with E-state index < -0.39 is 102 Å². The number of likely N-dealkylation sites (tertiary alicyclic amines) is 1. The van der Waals surface area contributed by atoms with Crippen LogP contribution in [0.5, 0.6) is 5.75 Å². The highest BCUT2D eigenvalue weighted by Crippen LogP contribution is 2.25. The fourth-order valence-corrected chi connectivity index (χ4v) is 8.20. The monoisotopic (exact) mass is 986 g/mol. The van der Waals surface area contributed by atoms with E-state index in [4.69, 9.17) is 17.2 Å². The third-order valence-corrected chi connectivity index (χ3v) is 11.8. The van der Waals surface area contributed by atoms with Gasteiger partial charge in [0.2, 0.25) is 41.4 Å². The Balaban J connectivity index is 1.54. The number of aliphatic hydroxyl groups is 1. The second-order valence-corrected chi connectivity index (χ2v) is 18.8. The Morgan fingerprint density at radius 3 is 1.85 bits per heavy atom. The number of amides is 7. The van der Waals surface area contributed by atoms with Crippen molar-refractivity contribution in [3.8, 4) is 5.75 Å². The maximum Gasteiger partial charge on any atom is 0.245 e. The Morgan fingerprint density at radius 2 is 1.25 bits per heavy atom. The molecule has 1 fully saturated rings. The highest BCUT2D eigenvalue weighted by molar-refractivity contribution is 6.10. The number of aliphatic hydroxyl groups excluding tert-OH is 1. The Morgan fingerprint density at radius 1 is 0.704 bits per heavy atom. The molecule has 7 amide bonds. The zero-order chi connectivity index (χ0) is 52.4. The molecule has 3 aromatic rings. The Hall–Kier alpha value is -7.13. The molecule has 1 heterocycles. The van der Waals surface area contributed by atoms with E-state index in [0.717, 1.165) is 10.8 Å². The van der Waals surface area contributed by atoms with Gasteiger partial charge in [-0.1, -0.05) is 76.2 Å². The van der Waals surface area contributed by atoms with Gasteiger partial charge in [-0.15, -0.1) is 0 Å². The normalized spacial score (nSPS) is 15.9. The summed E-state index contributed by atoms with van der Waals surface area (Å²) in [6, 6.07) is 10.3. The molecule has 0 unspecified atom stereocenters. The molecular weight excluding hydrogens is 915 g/mol. The van der Waals surface area contributed by atoms with Crippen LogP contribution in [0.2, 0.25) is 0 Å². The number of carbonyl (C=O) groups is 8. The number of hydrogen-bond acceptors (Lipinski definition) is 12. The zero-order valence-electron chi connectivity index (χ0n) is 41.1. The van der Waals surface area contributed by atoms with E-state index in [0.29, 0.717) is 24.1 Å². The van der Waals surface area contributed by atoms with Gasteiger partial charge in [0.25, 0.3) is 0 Å². The van der Waals surface area contributed by atoms with Crippen molar-refractivity contribution in [3.05, 3.63) is 72.3 Å². The highest BCUT2D eigenvalue weighted by atomic mass is 16.3. The minimum absolute atomic E-state index is 0.0435. The van der Waals surface area contributed by atoms with E-state index in [9.17, 15) is 48.6 Å². The van der Waals surface area contributed by atoms with E-state index in [-0.39, 0.29) is 68.7 Å². The van der Waals surface area contributed by atoms with Gasteiger partial charge in [-0.2, -0.15) is 0 Å². The molecule has 21 heteroatoms. The predicted octanol–water partition coefficient (Wildman–Crippen LogP) is 0.586. The number of fused-ring (bicyclic) bond motifs is 1. The van der Waals surface area contributed by atoms with Gasteiger partial charge in [-0.3, -0.25) is 43.3 Å². The summed E-state index contributed by atoms with van der Waals surface area (Å²) in [6.07, 6.45) is 0.658. The lowest BCUT2D eigenvalue weighted by Gasteiger charge is -2.31. The maximum absolute atomic E-state index is 14.5. The van der Waals surface area contributed by atoms with Crippen molar-refractivity contribution in [1.29, 1.82) is 0 Å². The summed E-state index contributed by atoms with van der Waals surface area (Å²) >= 11 is 0. The zero-order valence-corrected chi connectivity index (χ0v) is 41.1. The average Bonchev–Trinajstić information content (AvgIpc) is 3.81. The molecule has 1 saturated heterocycles. The summed E-state index contributed by atoms with van der Waals surface area (Å²) in [5.41, 5.74) is 17.8. The summed E-state index contributed by atoms with van der Waals surface area (Å²) in [5, 5.41) is 37.5. The second-order valence-electron chi connectivity index (χ2n) is 18.8. The molecule has 21 nitrogen and oxygen atoms in total. The number of anilines is 1. The van der Waals surface area contributed by atoms with Crippen molar-refractivity contribution in [2.75, 3.05) is 25.0 Å². The van der Waals surface area contributed by atoms with Crippen molar-refractivity contribution in [2.45, 2.75) is 128 Å². The maximum atomic E-state index is 14.5. The quantitative estimate of drug-likeness (QED) is 0.0227. The highest BCUT2D eigenvalue weighted by Gasteiger charge is 2.39. The first kappa shape index (κ1) is 56.5. The van der Waals surface area contributed by atoms with Crippen molar-refractivity contribution in [3.63, 3.8) is 0 Å². The minimum atomic E-state index is -1.47. The summed E-state index contributed by atoms with van der Waals surface area (Å²) in [5.74, 6) is -5.99. The Labute approximate surface area is 413 Å². The van der Waals surface area contributed by atoms with Crippen LogP contribution in [0.3, 0.4) is 0 Å². The fraction of sp³-hybridized carbons (Fsp3) is 0.500. The standard InChI is InChI=1S/C50H71N11O10/c1-28(2)23-37(57-46(68)38(24-29(3)4)58-47(69)39(25-31-17-19-33(63)20-18-31)59-48(70)40(27-62)60-44(66)30(5)51)45(67)56-36(15-9-21-54-50(52)53)49(71)61-22-10-16-41(61)42(64)26-43(65)55-35-14-8-12-32-11-6-7-13-34(32)35/h6-8,11-14,17-20,28-30,36-41,62-63H,9-10,15-16,21-27,51H2,1-5H3,(H,55,65)(H,56,67)(H,57,68)(H,58,69)(H,59,70)(H,60,66)(H4,52,53,54)/t30-,36-,37-,38+,39-,40-,41-/m0/s1. The van der Waals surface area contributed by atoms with E-state index in [1.807, 2.05) is 58.0 Å². The molecule has 0 spiro atoms. The number of Topliss-reactive ketones (excluding diaryl/α,β-unsaturated/α-hetero) is 1. The van der Waals surface area contributed by atoms with Crippen LogP contribution in [0, 0.1) is 11.8 Å². The van der Waals surface area contributed by atoms with E-state index in [1.54, 1.807) is 12.1 Å². The van der Waals surface area contributed by atoms with Gasteiger partial charge < -0.3 is 64.2 Å². The average molecular weight is 986 g/mol. The molecular formula is C50H71N11O10. The van der Waals surface area contributed by atoms with E-state index in [2.05, 4.69) is 36.9 Å². The predicted molar refractivity (Wildman–Crippen MR) is 268 cm³/mol. The molecule has 0 bridgehead atoms. The molecule has 0 radical (unpaired) electrons. The number of guanidine groups is 1. The number of phenolic OH excluding ortho intramolecular Hbond substituents is 1. The molecule has 71 heavy (non-hydrogen) atoms. The lowest BCUT2D eigenvalue weighted by molar-refractivity contribution is -0.142. The van der Waals surface area contributed by atoms with Crippen LogP contribution in [-0.2, 0) is 44.8 Å². The smallest absolute Gasteiger partial charge is 0.245 e. The molecule has 3 aromatic carbocycles.